The molecule has 1 amide bonds. The zero-order valence-corrected chi connectivity index (χ0v) is 15.5. The second-order valence-corrected chi connectivity index (χ2v) is 7.38. The van der Waals surface area contributed by atoms with Crippen LogP contribution in [0.25, 0.3) is 0 Å². The van der Waals surface area contributed by atoms with Crippen molar-refractivity contribution in [2.45, 2.75) is 45.1 Å². The lowest BCUT2D eigenvalue weighted by Gasteiger charge is -2.28. The van der Waals surface area contributed by atoms with Crippen LogP contribution in [0.4, 0.5) is 11.4 Å². The van der Waals surface area contributed by atoms with Gasteiger partial charge in [-0.2, -0.15) is 0 Å². The zero-order chi connectivity index (χ0) is 18.1. The fourth-order valence-electron chi connectivity index (χ4n) is 3.87. The quantitative estimate of drug-likeness (QED) is 0.863. The lowest BCUT2D eigenvalue weighted by molar-refractivity contribution is 0.102. The van der Waals surface area contributed by atoms with E-state index in [1.807, 2.05) is 37.3 Å². The number of fused-ring (bicyclic) bond motifs is 1. The van der Waals surface area contributed by atoms with E-state index >= 15 is 0 Å². The van der Waals surface area contributed by atoms with Gasteiger partial charge in [-0.05, 0) is 56.5 Å². The van der Waals surface area contributed by atoms with Crippen LogP contribution in [0.15, 0.2) is 42.5 Å². The van der Waals surface area contributed by atoms with Crippen molar-refractivity contribution in [3.05, 3.63) is 53.6 Å². The Morgan fingerprint density at radius 3 is 2.50 bits per heavy atom. The molecule has 1 N–H and O–H groups in total. The molecule has 1 saturated heterocycles. The summed E-state index contributed by atoms with van der Waals surface area (Å²) in [4.78, 5) is 15.2. The summed E-state index contributed by atoms with van der Waals surface area (Å²) < 4.78 is 5.94. The first kappa shape index (κ1) is 17.0. The summed E-state index contributed by atoms with van der Waals surface area (Å²) >= 11 is 0. The van der Waals surface area contributed by atoms with Gasteiger partial charge >= 0.3 is 0 Å². The number of benzene rings is 2. The minimum atomic E-state index is -0.117. The molecule has 2 aromatic rings. The Morgan fingerprint density at radius 2 is 1.77 bits per heavy atom. The fraction of sp³-hybridized carbons (Fsp3) is 0.409. The highest BCUT2D eigenvalue weighted by Crippen LogP contribution is 2.40. The number of carbonyl (C=O) groups is 1. The molecule has 0 spiro atoms. The molecule has 26 heavy (non-hydrogen) atoms. The Balaban J connectivity index is 1.49. The van der Waals surface area contributed by atoms with Crippen molar-refractivity contribution in [1.82, 2.24) is 0 Å². The second-order valence-electron chi connectivity index (χ2n) is 7.38. The van der Waals surface area contributed by atoms with Crippen molar-refractivity contribution in [3.63, 3.8) is 0 Å². The molecule has 4 nitrogen and oxygen atoms in total. The SMILES string of the molecule is C[C@@H]1Oc2c(C(=O)Nc3ccc(N4CCCCC4)cc3)cccc2[C@H]1C. The van der Waals surface area contributed by atoms with Crippen LogP contribution in [-0.4, -0.2) is 25.1 Å². The second kappa shape index (κ2) is 7.02. The molecule has 2 heterocycles. The summed E-state index contributed by atoms with van der Waals surface area (Å²) in [5.74, 6) is 0.922. The van der Waals surface area contributed by atoms with Crippen molar-refractivity contribution >= 4 is 17.3 Å². The summed E-state index contributed by atoms with van der Waals surface area (Å²) in [7, 11) is 0. The summed E-state index contributed by atoms with van der Waals surface area (Å²) in [6.45, 7) is 6.42. The Hall–Kier alpha value is -2.49. The third-order valence-electron chi connectivity index (χ3n) is 5.63. The van der Waals surface area contributed by atoms with Gasteiger partial charge in [0.25, 0.3) is 5.91 Å². The van der Waals surface area contributed by atoms with E-state index in [-0.39, 0.29) is 12.0 Å². The molecule has 4 heteroatoms. The molecule has 1 fully saturated rings. The van der Waals surface area contributed by atoms with Crippen LogP contribution in [0.2, 0.25) is 0 Å². The van der Waals surface area contributed by atoms with E-state index in [9.17, 15) is 4.79 Å². The maximum Gasteiger partial charge on any atom is 0.259 e. The number of hydrogen-bond acceptors (Lipinski definition) is 3. The van der Waals surface area contributed by atoms with E-state index in [2.05, 4.69) is 29.3 Å². The molecule has 2 atom stereocenters. The van der Waals surface area contributed by atoms with Crippen molar-refractivity contribution in [2.24, 2.45) is 0 Å². The molecule has 0 aliphatic carbocycles. The van der Waals surface area contributed by atoms with Gasteiger partial charge in [0.05, 0.1) is 5.56 Å². The van der Waals surface area contributed by atoms with Gasteiger partial charge in [0.15, 0.2) is 0 Å². The predicted octanol–water partition coefficient (Wildman–Crippen LogP) is 4.81. The zero-order valence-electron chi connectivity index (χ0n) is 15.5. The van der Waals surface area contributed by atoms with Crippen molar-refractivity contribution < 1.29 is 9.53 Å². The van der Waals surface area contributed by atoms with Crippen molar-refractivity contribution in [3.8, 4) is 5.75 Å². The summed E-state index contributed by atoms with van der Waals surface area (Å²) in [6.07, 6.45) is 3.94. The van der Waals surface area contributed by atoms with Crippen LogP contribution < -0.4 is 15.0 Å². The van der Waals surface area contributed by atoms with Crippen LogP contribution in [0, 0.1) is 0 Å². The monoisotopic (exact) mass is 350 g/mol. The van der Waals surface area contributed by atoms with Gasteiger partial charge in [-0.1, -0.05) is 19.1 Å². The van der Waals surface area contributed by atoms with Gasteiger partial charge < -0.3 is 15.0 Å². The number of ether oxygens (including phenoxy) is 1. The van der Waals surface area contributed by atoms with E-state index in [1.54, 1.807) is 0 Å². The highest BCUT2D eigenvalue weighted by molar-refractivity contribution is 6.06. The van der Waals surface area contributed by atoms with Gasteiger partial charge in [0, 0.05) is 35.9 Å². The average molecular weight is 350 g/mol. The molecule has 0 saturated carbocycles. The van der Waals surface area contributed by atoms with Gasteiger partial charge in [0.1, 0.15) is 11.9 Å². The number of nitrogens with one attached hydrogen (secondary N) is 1. The highest BCUT2D eigenvalue weighted by atomic mass is 16.5. The van der Waals surface area contributed by atoms with Gasteiger partial charge in [0.2, 0.25) is 0 Å². The Kier molecular flexibility index (Phi) is 4.58. The topological polar surface area (TPSA) is 41.6 Å². The Labute approximate surface area is 155 Å². The molecule has 4 rings (SSSR count). The molecule has 0 bridgehead atoms. The van der Waals surface area contributed by atoms with Gasteiger partial charge in [-0.15, -0.1) is 0 Å². The number of amides is 1. The van der Waals surface area contributed by atoms with Crippen molar-refractivity contribution in [1.29, 1.82) is 0 Å². The first-order valence-corrected chi connectivity index (χ1v) is 9.59. The number of para-hydroxylation sites is 1. The lowest BCUT2D eigenvalue weighted by Crippen LogP contribution is -2.29. The Bertz CT molecular complexity index is 794. The van der Waals surface area contributed by atoms with Crippen molar-refractivity contribution in [2.75, 3.05) is 23.3 Å². The molecular weight excluding hydrogens is 324 g/mol. The highest BCUT2D eigenvalue weighted by Gasteiger charge is 2.31. The van der Waals surface area contributed by atoms with E-state index < -0.39 is 0 Å². The molecule has 2 aliphatic rings. The minimum absolute atomic E-state index is 0.0998. The standard InChI is InChI=1S/C22H26N2O2/c1-15-16(2)26-21-19(15)7-6-8-20(21)22(25)23-17-9-11-18(12-10-17)24-13-4-3-5-14-24/h6-12,15-16H,3-5,13-14H2,1-2H3,(H,23,25)/t15-,16-/m0/s1. The number of hydrogen-bond donors (Lipinski definition) is 1. The molecular formula is C22H26N2O2. The largest absolute Gasteiger partial charge is 0.489 e. The molecule has 2 aromatic carbocycles. The summed E-state index contributed by atoms with van der Waals surface area (Å²) in [5, 5.41) is 3.01. The molecule has 0 unspecified atom stereocenters. The van der Waals surface area contributed by atoms with E-state index in [0.29, 0.717) is 11.5 Å². The van der Waals surface area contributed by atoms with Gasteiger partial charge in [-0.25, -0.2) is 0 Å². The van der Waals surface area contributed by atoms with E-state index in [1.165, 1.54) is 24.9 Å². The third kappa shape index (κ3) is 3.16. The number of rotatable bonds is 3. The summed E-state index contributed by atoms with van der Waals surface area (Å²) in [5.41, 5.74) is 3.77. The number of anilines is 2. The van der Waals surface area contributed by atoms with Gasteiger partial charge in [-0.3, -0.25) is 4.79 Å². The van der Waals surface area contributed by atoms with Crippen LogP contribution in [0.5, 0.6) is 5.75 Å². The minimum Gasteiger partial charge on any atom is -0.489 e. The third-order valence-corrected chi connectivity index (χ3v) is 5.63. The van der Waals surface area contributed by atoms with E-state index in [0.717, 1.165) is 30.1 Å². The maximum absolute atomic E-state index is 12.8. The number of carbonyl (C=O) groups excluding carboxylic acids is 1. The van der Waals surface area contributed by atoms with Crippen LogP contribution in [0.1, 0.15) is 54.9 Å². The smallest absolute Gasteiger partial charge is 0.259 e. The molecule has 0 radical (unpaired) electrons. The Morgan fingerprint density at radius 1 is 1.04 bits per heavy atom. The first-order valence-electron chi connectivity index (χ1n) is 9.59. The maximum atomic E-state index is 12.8. The van der Waals surface area contributed by atoms with E-state index in [4.69, 9.17) is 4.74 Å². The molecule has 0 aromatic heterocycles. The fourth-order valence-corrected chi connectivity index (χ4v) is 3.87. The summed E-state index contributed by atoms with van der Waals surface area (Å²) in [6, 6.07) is 14.0. The first-order chi connectivity index (χ1) is 12.6. The normalized spacial score (nSPS) is 21.8. The number of piperidine rings is 1. The van der Waals surface area contributed by atoms with Crippen LogP contribution in [0.3, 0.4) is 0 Å². The lowest BCUT2D eigenvalue weighted by atomic mass is 9.97. The van der Waals surface area contributed by atoms with Crippen LogP contribution in [-0.2, 0) is 0 Å². The van der Waals surface area contributed by atoms with Crippen LogP contribution >= 0.6 is 0 Å². The molecule has 136 valence electrons. The molecule has 2 aliphatic heterocycles. The number of nitrogens with zero attached hydrogens (tertiary/aromatic N) is 1. The average Bonchev–Trinajstić information content (AvgIpc) is 2.97. The predicted molar refractivity (Wildman–Crippen MR) is 105 cm³/mol.